The average Bonchev–Trinajstić information content (AvgIpc) is 2.63. The van der Waals surface area contributed by atoms with Crippen molar-refractivity contribution in [3.63, 3.8) is 0 Å². The normalized spacial score (nSPS) is 20.0. The fourth-order valence-electron chi connectivity index (χ4n) is 3.76. The fraction of sp³-hybridized carbons (Fsp3) is 0.579. The molecule has 0 radical (unpaired) electrons. The highest BCUT2D eigenvalue weighted by Crippen LogP contribution is 2.26. The Morgan fingerprint density at radius 1 is 1.00 bits per heavy atom. The molecule has 0 atom stereocenters. The lowest BCUT2D eigenvalue weighted by molar-refractivity contribution is -0.137. The Labute approximate surface area is 152 Å². The van der Waals surface area contributed by atoms with E-state index in [1.165, 1.54) is 19.3 Å². The number of halogens is 1. The molecule has 0 unspecified atom stereocenters. The van der Waals surface area contributed by atoms with Gasteiger partial charge in [0, 0.05) is 29.5 Å². The zero-order valence-electron chi connectivity index (χ0n) is 14.0. The first kappa shape index (κ1) is 17.5. The summed E-state index contributed by atoms with van der Waals surface area (Å²) in [6.07, 6.45) is 7.44. The molecular formula is C19H25BrN2O2. The van der Waals surface area contributed by atoms with Crippen LogP contribution in [0.3, 0.4) is 0 Å². The molecule has 0 bridgehead atoms. The molecule has 2 aliphatic rings. The molecule has 0 spiro atoms. The molecule has 1 aromatic rings. The number of rotatable bonds is 3. The van der Waals surface area contributed by atoms with Gasteiger partial charge in [0.15, 0.2) is 0 Å². The second kappa shape index (κ2) is 8.15. The molecule has 1 saturated carbocycles. The van der Waals surface area contributed by atoms with Crippen LogP contribution in [0.1, 0.15) is 55.3 Å². The summed E-state index contributed by atoms with van der Waals surface area (Å²) in [6.45, 7) is 1.52. The van der Waals surface area contributed by atoms with Crippen LogP contribution >= 0.6 is 15.9 Å². The van der Waals surface area contributed by atoms with Crippen LogP contribution in [0.15, 0.2) is 28.7 Å². The van der Waals surface area contributed by atoms with Crippen LogP contribution in [0, 0.1) is 5.92 Å². The minimum Gasteiger partial charge on any atom is -0.349 e. The summed E-state index contributed by atoms with van der Waals surface area (Å²) >= 11 is 3.42. The molecule has 3 rings (SSSR count). The number of hydrogen-bond donors (Lipinski definition) is 1. The molecular weight excluding hydrogens is 368 g/mol. The SMILES string of the molecule is O=C(NC1CCN(C(=O)C2CCCCC2)CC1)c1ccccc1Br. The minimum atomic E-state index is -0.0421. The zero-order chi connectivity index (χ0) is 16.9. The highest BCUT2D eigenvalue weighted by atomic mass is 79.9. The highest BCUT2D eigenvalue weighted by molar-refractivity contribution is 9.10. The zero-order valence-corrected chi connectivity index (χ0v) is 15.6. The Kier molecular flexibility index (Phi) is 5.93. The van der Waals surface area contributed by atoms with Gasteiger partial charge in [-0.2, -0.15) is 0 Å². The summed E-state index contributed by atoms with van der Waals surface area (Å²) in [5.74, 6) is 0.537. The average molecular weight is 393 g/mol. The molecule has 4 nitrogen and oxygen atoms in total. The second-order valence-corrected chi connectivity index (χ2v) is 7.74. The Bertz CT molecular complexity index is 591. The van der Waals surface area contributed by atoms with Crippen molar-refractivity contribution in [1.29, 1.82) is 0 Å². The molecule has 1 N–H and O–H groups in total. The maximum Gasteiger partial charge on any atom is 0.252 e. The third kappa shape index (κ3) is 4.18. The van der Waals surface area contributed by atoms with Gasteiger partial charge in [0.25, 0.3) is 5.91 Å². The molecule has 1 aliphatic heterocycles. The minimum absolute atomic E-state index is 0.0421. The largest absolute Gasteiger partial charge is 0.349 e. The monoisotopic (exact) mass is 392 g/mol. The first-order valence-corrected chi connectivity index (χ1v) is 9.78. The molecule has 24 heavy (non-hydrogen) atoms. The fourth-order valence-corrected chi connectivity index (χ4v) is 4.23. The van der Waals surface area contributed by atoms with E-state index in [1.54, 1.807) is 0 Å². The van der Waals surface area contributed by atoms with Crippen LogP contribution in [-0.2, 0) is 4.79 Å². The van der Waals surface area contributed by atoms with Crippen LogP contribution < -0.4 is 5.32 Å². The lowest BCUT2D eigenvalue weighted by Gasteiger charge is -2.35. The quantitative estimate of drug-likeness (QED) is 0.851. The number of nitrogens with zero attached hydrogens (tertiary/aromatic N) is 1. The van der Waals surface area contributed by atoms with Gasteiger partial charge in [-0.15, -0.1) is 0 Å². The number of hydrogen-bond acceptors (Lipinski definition) is 2. The van der Waals surface area contributed by atoms with E-state index in [0.717, 1.165) is 43.2 Å². The first-order valence-electron chi connectivity index (χ1n) is 8.99. The van der Waals surface area contributed by atoms with Gasteiger partial charge in [-0.1, -0.05) is 31.4 Å². The van der Waals surface area contributed by atoms with E-state index in [0.29, 0.717) is 11.5 Å². The van der Waals surface area contributed by atoms with Gasteiger partial charge < -0.3 is 10.2 Å². The Morgan fingerprint density at radius 3 is 2.33 bits per heavy atom. The Hall–Kier alpha value is -1.36. The maximum absolute atomic E-state index is 12.6. The molecule has 1 aromatic carbocycles. The van der Waals surface area contributed by atoms with Crippen molar-refractivity contribution in [1.82, 2.24) is 10.2 Å². The summed E-state index contributed by atoms with van der Waals surface area (Å²) in [4.78, 5) is 27.0. The topological polar surface area (TPSA) is 49.4 Å². The third-order valence-electron chi connectivity index (χ3n) is 5.21. The molecule has 5 heteroatoms. The summed E-state index contributed by atoms with van der Waals surface area (Å²) in [5, 5.41) is 3.11. The molecule has 0 aromatic heterocycles. The number of amides is 2. The molecule has 2 fully saturated rings. The Balaban J connectivity index is 1.49. The predicted octanol–water partition coefficient (Wildman–Crippen LogP) is 3.75. The van der Waals surface area contributed by atoms with Gasteiger partial charge in [0.05, 0.1) is 5.56 Å². The number of piperidine rings is 1. The van der Waals surface area contributed by atoms with Crippen LogP contribution in [0.4, 0.5) is 0 Å². The van der Waals surface area contributed by atoms with Gasteiger partial charge in [0.1, 0.15) is 0 Å². The van der Waals surface area contributed by atoms with E-state index in [-0.39, 0.29) is 17.9 Å². The predicted molar refractivity (Wildman–Crippen MR) is 97.8 cm³/mol. The van der Waals surface area contributed by atoms with Crippen LogP contribution in [0.25, 0.3) is 0 Å². The van der Waals surface area contributed by atoms with E-state index in [1.807, 2.05) is 29.2 Å². The van der Waals surface area contributed by atoms with E-state index in [9.17, 15) is 9.59 Å². The lowest BCUT2D eigenvalue weighted by Crippen LogP contribution is -2.48. The number of likely N-dealkylation sites (tertiary alicyclic amines) is 1. The number of nitrogens with one attached hydrogen (secondary N) is 1. The second-order valence-electron chi connectivity index (χ2n) is 6.89. The summed E-state index contributed by atoms with van der Waals surface area (Å²) in [5.41, 5.74) is 0.665. The van der Waals surface area contributed by atoms with Crippen molar-refractivity contribution < 1.29 is 9.59 Å². The van der Waals surface area contributed by atoms with Crippen molar-refractivity contribution in [2.45, 2.75) is 51.0 Å². The smallest absolute Gasteiger partial charge is 0.252 e. The van der Waals surface area contributed by atoms with Crippen LogP contribution in [-0.4, -0.2) is 35.8 Å². The first-order chi connectivity index (χ1) is 11.6. The van der Waals surface area contributed by atoms with Crippen molar-refractivity contribution in [3.8, 4) is 0 Å². The third-order valence-corrected chi connectivity index (χ3v) is 5.91. The van der Waals surface area contributed by atoms with Crippen molar-refractivity contribution in [2.75, 3.05) is 13.1 Å². The molecule has 1 heterocycles. The maximum atomic E-state index is 12.6. The van der Waals surface area contributed by atoms with Crippen molar-refractivity contribution >= 4 is 27.7 Å². The number of benzene rings is 1. The molecule has 130 valence electrons. The van der Waals surface area contributed by atoms with Gasteiger partial charge in [-0.25, -0.2) is 0 Å². The van der Waals surface area contributed by atoms with E-state index >= 15 is 0 Å². The van der Waals surface area contributed by atoms with Crippen molar-refractivity contribution in [3.05, 3.63) is 34.3 Å². The molecule has 1 saturated heterocycles. The molecule has 1 aliphatic carbocycles. The van der Waals surface area contributed by atoms with Crippen LogP contribution in [0.2, 0.25) is 0 Å². The van der Waals surface area contributed by atoms with Crippen LogP contribution in [0.5, 0.6) is 0 Å². The summed E-state index contributed by atoms with van der Waals surface area (Å²) in [6, 6.07) is 7.61. The standard InChI is InChI=1S/C19H25BrN2O2/c20-17-9-5-4-8-16(17)18(23)21-15-10-12-22(13-11-15)19(24)14-6-2-1-3-7-14/h4-5,8-9,14-15H,1-3,6-7,10-13H2,(H,21,23). The number of carbonyl (C=O) groups is 2. The lowest BCUT2D eigenvalue weighted by atomic mass is 9.87. The van der Waals surface area contributed by atoms with E-state index < -0.39 is 0 Å². The van der Waals surface area contributed by atoms with Gasteiger partial charge in [0.2, 0.25) is 5.91 Å². The van der Waals surface area contributed by atoms with E-state index in [2.05, 4.69) is 21.2 Å². The highest BCUT2D eigenvalue weighted by Gasteiger charge is 2.29. The summed E-state index contributed by atoms with van der Waals surface area (Å²) < 4.78 is 0.812. The van der Waals surface area contributed by atoms with Gasteiger partial charge in [-0.05, 0) is 53.7 Å². The van der Waals surface area contributed by atoms with Gasteiger partial charge in [-0.3, -0.25) is 9.59 Å². The number of carbonyl (C=O) groups excluding carboxylic acids is 2. The van der Waals surface area contributed by atoms with E-state index in [4.69, 9.17) is 0 Å². The summed E-state index contributed by atoms with van der Waals surface area (Å²) in [7, 11) is 0. The van der Waals surface area contributed by atoms with Gasteiger partial charge >= 0.3 is 0 Å². The van der Waals surface area contributed by atoms with Crippen molar-refractivity contribution in [2.24, 2.45) is 5.92 Å². The molecule has 2 amide bonds. The Morgan fingerprint density at radius 2 is 1.67 bits per heavy atom.